The van der Waals surface area contributed by atoms with E-state index in [1.54, 1.807) is 0 Å². The van der Waals surface area contributed by atoms with Crippen molar-refractivity contribution >= 4 is 17.2 Å². The van der Waals surface area contributed by atoms with Gasteiger partial charge in [-0.2, -0.15) is 0 Å². The Balaban J connectivity index is 2.44. The zero-order valence-electron chi connectivity index (χ0n) is 8.62. The summed E-state index contributed by atoms with van der Waals surface area (Å²) in [6.45, 7) is 6.84. The van der Waals surface area contributed by atoms with Gasteiger partial charge in [-0.05, 0) is 25.3 Å². The zero-order chi connectivity index (χ0) is 9.84. The smallest absolute Gasteiger partial charge is 0.0902 e. The van der Waals surface area contributed by atoms with Crippen LogP contribution in [0.4, 0.5) is 0 Å². The fourth-order valence-electron chi connectivity index (χ4n) is 1.90. The van der Waals surface area contributed by atoms with E-state index in [1.807, 2.05) is 0 Å². The fraction of sp³-hybridized carbons (Fsp3) is 0.900. The minimum Gasteiger partial charge on any atom is -0.392 e. The fourth-order valence-corrected chi connectivity index (χ4v) is 2.16. The molecule has 3 heteroatoms. The second-order valence-corrected chi connectivity index (χ2v) is 4.54. The first-order valence-corrected chi connectivity index (χ1v) is 5.59. The highest BCUT2D eigenvalue weighted by atomic mass is 32.1. The molecule has 1 saturated heterocycles. The third-order valence-electron chi connectivity index (χ3n) is 2.94. The summed E-state index contributed by atoms with van der Waals surface area (Å²) in [4.78, 5) is 3.12. The summed E-state index contributed by atoms with van der Waals surface area (Å²) in [7, 11) is 0. The van der Waals surface area contributed by atoms with Crippen molar-refractivity contribution in [2.24, 2.45) is 11.7 Å². The highest BCUT2D eigenvalue weighted by molar-refractivity contribution is 7.80. The van der Waals surface area contributed by atoms with Gasteiger partial charge in [-0.15, -0.1) is 0 Å². The Morgan fingerprint density at radius 2 is 2.38 bits per heavy atom. The van der Waals surface area contributed by atoms with Crippen molar-refractivity contribution in [2.75, 3.05) is 13.1 Å². The predicted octanol–water partition coefficient (Wildman–Crippen LogP) is 1.78. The molecule has 2 N–H and O–H groups in total. The molecule has 0 radical (unpaired) electrons. The molecule has 1 aliphatic heterocycles. The molecule has 2 atom stereocenters. The normalized spacial score (nSPS) is 26.2. The van der Waals surface area contributed by atoms with Gasteiger partial charge in [0.1, 0.15) is 0 Å². The quantitative estimate of drug-likeness (QED) is 0.702. The lowest BCUT2D eigenvalue weighted by Gasteiger charge is -2.25. The molecule has 1 fully saturated rings. The lowest BCUT2D eigenvalue weighted by molar-refractivity contribution is 0.257. The molecule has 0 saturated carbocycles. The number of hydrogen-bond acceptors (Lipinski definition) is 2. The van der Waals surface area contributed by atoms with E-state index in [2.05, 4.69) is 18.7 Å². The van der Waals surface area contributed by atoms with E-state index in [9.17, 15) is 0 Å². The van der Waals surface area contributed by atoms with Crippen LogP contribution in [0, 0.1) is 5.92 Å². The largest absolute Gasteiger partial charge is 0.392 e. The molecule has 0 aromatic heterocycles. The molecule has 0 amide bonds. The summed E-state index contributed by atoms with van der Waals surface area (Å²) in [5.74, 6) is 0.759. The highest BCUT2D eigenvalue weighted by Gasteiger charge is 2.26. The number of nitrogens with zero attached hydrogens (tertiary/aromatic N) is 1. The molecule has 76 valence electrons. The second kappa shape index (κ2) is 4.91. The Morgan fingerprint density at radius 3 is 2.92 bits per heavy atom. The van der Waals surface area contributed by atoms with Crippen LogP contribution in [0.5, 0.6) is 0 Å². The molecule has 1 heterocycles. The van der Waals surface area contributed by atoms with E-state index in [0.717, 1.165) is 18.9 Å². The lowest BCUT2D eigenvalue weighted by atomic mass is 10.1. The van der Waals surface area contributed by atoms with Crippen LogP contribution in [0.25, 0.3) is 0 Å². The number of rotatable bonds is 4. The minimum atomic E-state index is 0.379. The number of likely N-dealkylation sites (tertiary alicyclic amines) is 1. The van der Waals surface area contributed by atoms with Crippen LogP contribution in [0.2, 0.25) is 0 Å². The third-order valence-corrected chi connectivity index (χ3v) is 3.21. The Hall–Kier alpha value is -0.150. The monoisotopic (exact) mass is 200 g/mol. The van der Waals surface area contributed by atoms with Crippen LogP contribution < -0.4 is 5.73 Å². The van der Waals surface area contributed by atoms with Crippen molar-refractivity contribution in [1.29, 1.82) is 0 Å². The predicted molar refractivity (Wildman–Crippen MR) is 60.8 cm³/mol. The van der Waals surface area contributed by atoms with Crippen molar-refractivity contribution in [2.45, 2.75) is 39.2 Å². The van der Waals surface area contributed by atoms with E-state index < -0.39 is 0 Å². The van der Waals surface area contributed by atoms with Gasteiger partial charge in [-0.1, -0.05) is 32.5 Å². The van der Waals surface area contributed by atoms with Gasteiger partial charge >= 0.3 is 0 Å². The maximum atomic E-state index is 5.70. The van der Waals surface area contributed by atoms with Gasteiger partial charge in [-0.3, -0.25) is 4.90 Å². The van der Waals surface area contributed by atoms with Gasteiger partial charge in [-0.25, -0.2) is 0 Å². The van der Waals surface area contributed by atoms with Crippen LogP contribution in [-0.4, -0.2) is 29.0 Å². The Bertz CT molecular complexity index is 182. The van der Waals surface area contributed by atoms with Gasteiger partial charge in [0.05, 0.1) is 11.0 Å². The number of thiocarbonyl (C=S) groups is 1. The third kappa shape index (κ3) is 2.92. The van der Waals surface area contributed by atoms with Gasteiger partial charge in [0.2, 0.25) is 0 Å². The van der Waals surface area contributed by atoms with Crippen LogP contribution in [0.15, 0.2) is 0 Å². The van der Waals surface area contributed by atoms with E-state index >= 15 is 0 Å². The van der Waals surface area contributed by atoms with Crippen LogP contribution in [0.3, 0.4) is 0 Å². The van der Waals surface area contributed by atoms with E-state index in [1.165, 1.54) is 19.4 Å². The van der Waals surface area contributed by atoms with Gasteiger partial charge in [0.25, 0.3) is 0 Å². The van der Waals surface area contributed by atoms with Crippen molar-refractivity contribution < 1.29 is 0 Å². The molecule has 13 heavy (non-hydrogen) atoms. The molecule has 0 aliphatic carbocycles. The molecule has 0 aromatic rings. The van der Waals surface area contributed by atoms with Crippen LogP contribution in [0.1, 0.15) is 33.1 Å². The molecule has 1 aliphatic rings. The summed E-state index contributed by atoms with van der Waals surface area (Å²) < 4.78 is 0. The SMILES string of the molecule is CCC(C)CN1CCCC1C(N)=S. The average molecular weight is 200 g/mol. The summed E-state index contributed by atoms with van der Waals surface area (Å²) in [5, 5.41) is 0. The van der Waals surface area contributed by atoms with E-state index in [4.69, 9.17) is 18.0 Å². The maximum absolute atomic E-state index is 5.70. The zero-order valence-corrected chi connectivity index (χ0v) is 9.44. The van der Waals surface area contributed by atoms with E-state index in [-0.39, 0.29) is 0 Å². The molecular formula is C10H20N2S. The Labute approximate surface area is 86.5 Å². The topological polar surface area (TPSA) is 29.3 Å². The maximum Gasteiger partial charge on any atom is 0.0902 e. The van der Waals surface area contributed by atoms with Crippen LogP contribution >= 0.6 is 12.2 Å². The summed E-state index contributed by atoms with van der Waals surface area (Å²) >= 11 is 5.06. The van der Waals surface area contributed by atoms with Crippen molar-refractivity contribution in [3.8, 4) is 0 Å². The number of nitrogens with two attached hydrogens (primary N) is 1. The average Bonchev–Trinajstić information content (AvgIpc) is 2.52. The first-order chi connectivity index (χ1) is 6.15. The summed E-state index contributed by atoms with van der Waals surface area (Å²) in [6, 6.07) is 0.379. The highest BCUT2D eigenvalue weighted by Crippen LogP contribution is 2.19. The second-order valence-electron chi connectivity index (χ2n) is 4.07. The molecule has 2 unspecified atom stereocenters. The molecule has 1 rings (SSSR count). The van der Waals surface area contributed by atoms with Gasteiger partial charge in [0.15, 0.2) is 0 Å². The molecule has 0 aromatic carbocycles. The number of hydrogen-bond donors (Lipinski definition) is 1. The summed E-state index contributed by atoms with van der Waals surface area (Å²) in [6.07, 6.45) is 3.64. The van der Waals surface area contributed by atoms with Gasteiger partial charge in [0, 0.05) is 6.54 Å². The minimum absolute atomic E-state index is 0.379. The summed E-state index contributed by atoms with van der Waals surface area (Å²) in [5.41, 5.74) is 5.70. The van der Waals surface area contributed by atoms with Crippen LogP contribution in [-0.2, 0) is 0 Å². The van der Waals surface area contributed by atoms with Crippen molar-refractivity contribution in [3.05, 3.63) is 0 Å². The first kappa shape index (κ1) is 10.9. The molecule has 0 bridgehead atoms. The Kier molecular flexibility index (Phi) is 4.13. The van der Waals surface area contributed by atoms with Crippen molar-refractivity contribution in [1.82, 2.24) is 4.90 Å². The molecule has 2 nitrogen and oxygen atoms in total. The van der Waals surface area contributed by atoms with E-state index in [0.29, 0.717) is 11.0 Å². The van der Waals surface area contributed by atoms with Gasteiger partial charge < -0.3 is 5.73 Å². The molecule has 0 spiro atoms. The molecular weight excluding hydrogens is 180 g/mol. The standard InChI is InChI=1S/C10H20N2S/c1-3-8(2)7-12-6-4-5-9(12)10(11)13/h8-9H,3-7H2,1-2H3,(H2,11,13). The van der Waals surface area contributed by atoms with Crippen molar-refractivity contribution in [3.63, 3.8) is 0 Å². The lowest BCUT2D eigenvalue weighted by Crippen LogP contribution is -2.41. The first-order valence-electron chi connectivity index (χ1n) is 5.18. The Morgan fingerprint density at radius 1 is 1.69 bits per heavy atom.